The first-order chi connectivity index (χ1) is 12.3. The number of fused-ring (bicyclic) bond motifs is 1. The summed E-state index contributed by atoms with van der Waals surface area (Å²) in [6.45, 7) is 6.96. The van der Waals surface area contributed by atoms with Crippen LogP contribution in [0.4, 0.5) is 0 Å². The van der Waals surface area contributed by atoms with Crippen molar-refractivity contribution in [2.75, 3.05) is 20.3 Å². The Morgan fingerprint density at radius 1 is 1.15 bits per heavy atom. The van der Waals surface area contributed by atoms with E-state index in [4.69, 9.17) is 4.74 Å². The highest BCUT2D eigenvalue weighted by Crippen LogP contribution is 2.43. The summed E-state index contributed by atoms with van der Waals surface area (Å²) in [5.41, 5.74) is 2.61. The first kappa shape index (κ1) is 18.9. The van der Waals surface area contributed by atoms with E-state index in [2.05, 4.69) is 38.2 Å². The van der Waals surface area contributed by atoms with Crippen molar-refractivity contribution >= 4 is 0 Å². The molecule has 26 heavy (non-hydrogen) atoms. The first-order valence-electron chi connectivity index (χ1n) is 9.16. The summed E-state index contributed by atoms with van der Waals surface area (Å²) >= 11 is 0. The molecule has 0 fully saturated rings. The molecule has 2 atom stereocenters. The zero-order chi connectivity index (χ0) is 18.9. The van der Waals surface area contributed by atoms with Gasteiger partial charge in [-0.15, -0.1) is 0 Å². The predicted molar refractivity (Wildman–Crippen MR) is 104 cm³/mol. The Kier molecular flexibility index (Phi) is 5.11. The standard InChI is InChI=1S/C22H29NO3/c1-21(2,3)15-9-10-20(26-4)18(13-15)22(25)14-23-19(11-12-24)16-7-5-6-8-17(16)22/h5-10,13,19,23-25H,11-12,14H2,1-4H3. The lowest BCUT2D eigenvalue weighted by Gasteiger charge is -2.40. The van der Waals surface area contributed by atoms with Gasteiger partial charge in [0.1, 0.15) is 11.4 Å². The minimum atomic E-state index is -1.19. The molecule has 2 aromatic rings. The van der Waals surface area contributed by atoms with Crippen LogP contribution in [0.15, 0.2) is 42.5 Å². The minimum Gasteiger partial charge on any atom is -0.496 e. The molecule has 0 aliphatic carbocycles. The fraction of sp³-hybridized carbons (Fsp3) is 0.455. The quantitative estimate of drug-likeness (QED) is 0.788. The van der Waals surface area contributed by atoms with Crippen LogP contribution in [0.1, 0.15) is 55.5 Å². The third-order valence-corrected chi connectivity index (χ3v) is 5.31. The van der Waals surface area contributed by atoms with E-state index in [0.717, 1.165) is 22.3 Å². The van der Waals surface area contributed by atoms with Crippen molar-refractivity contribution in [2.24, 2.45) is 0 Å². The van der Waals surface area contributed by atoms with E-state index in [-0.39, 0.29) is 18.1 Å². The highest BCUT2D eigenvalue weighted by atomic mass is 16.5. The fourth-order valence-corrected chi connectivity index (χ4v) is 3.78. The number of rotatable bonds is 4. The van der Waals surface area contributed by atoms with E-state index >= 15 is 0 Å². The average molecular weight is 355 g/mol. The first-order valence-corrected chi connectivity index (χ1v) is 9.16. The van der Waals surface area contributed by atoms with Crippen LogP contribution in [-0.2, 0) is 11.0 Å². The van der Waals surface area contributed by atoms with Crippen LogP contribution in [0.2, 0.25) is 0 Å². The molecular formula is C22H29NO3. The molecule has 0 amide bonds. The van der Waals surface area contributed by atoms with Gasteiger partial charge >= 0.3 is 0 Å². The van der Waals surface area contributed by atoms with Crippen molar-refractivity contribution in [3.8, 4) is 5.75 Å². The van der Waals surface area contributed by atoms with Gasteiger partial charge in [-0.05, 0) is 40.7 Å². The summed E-state index contributed by atoms with van der Waals surface area (Å²) in [5, 5.41) is 24.6. The molecule has 0 aromatic heterocycles. The van der Waals surface area contributed by atoms with E-state index in [0.29, 0.717) is 18.7 Å². The Balaban J connectivity index is 2.18. The molecule has 0 saturated heterocycles. The van der Waals surface area contributed by atoms with Crippen LogP contribution in [0.25, 0.3) is 0 Å². The van der Waals surface area contributed by atoms with E-state index in [1.807, 2.05) is 30.3 Å². The van der Waals surface area contributed by atoms with E-state index in [1.54, 1.807) is 7.11 Å². The lowest BCUT2D eigenvalue weighted by Crippen LogP contribution is -2.46. The highest BCUT2D eigenvalue weighted by Gasteiger charge is 2.41. The molecule has 0 saturated carbocycles. The smallest absolute Gasteiger partial charge is 0.131 e. The molecule has 0 radical (unpaired) electrons. The van der Waals surface area contributed by atoms with Crippen LogP contribution < -0.4 is 10.1 Å². The second kappa shape index (κ2) is 7.03. The monoisotopic (exact) mass is 355 g/mol. The lowest BCUT2D eigenvalue weighted by molar-refractivity contribution is 0.0607. The van der Waals surface area contributed by atoms with Gasteiger partial charge in [-0.25, -0.2) is 0 Å². The van der Waals surface area contributed by atoms with Crippen LogP contribution in [-0.4, -0.2) is 30.5 Å². The number of aliphatic hydroxyl groups is 2. The Labute approximate surface area is 155 Å². The molecule has 1 aliphatic heterocycles. The maximum absolute atomic E-state index is 11.8. The summed E-state index contributed by atoms with van der Waals surface area (Å²) in [7, 11) is 1.63. The molecule has 3 N–H and O–H groups in total. The van der Waals surface area contributed by atoms with Gasteiger partial charge < -0.3 is 20.3 Å². The van der Waals surface area contributed by atoms with E-state index in [9.17, 15) is 10.2 Å². The highest BCUT2D eigenvalue weighted by molar-refractivity contribution is 5.52. The van der Waals surface area contributed by atoms with Gasteiger partial charge in [-0.1, -0.05) is 51.1 Å². The van der Waals surface area contributed by atoms with Gasteiger partial charge in [-0.2, -0.15) is 0 Å². The second-order valence-corrected chi connectivity index (χ2v) is 8.06. The number of ether oxygens (including phenoxy) is 1. The Morgan fingerprint density at radius 2 is 1.88 bits per heavy atom. The van der Waals surface area contributed by atoms with Crippen LogP contribution in [0.3, 0.4) is 0 Å². The van der Waals surface area contributed by atoms with Gasteiger partial charge in [-0.3, -0.25) is 0 Å². The molecule has 4 nitrogen and oxygen atoms in total. The van der Waals surface area contributed by atoms with Crippen molar-refractivity contribution in [1.82, 2.24) is 5.32 Å². The average Bonchev–Trinajstić information content (AvgIpc) is 2.63. The van der Waals surface area contributed by atoms with Gasteiger partial charge in [0.25, 0.3) is 0 Å². The summed E-state index contributed by atoms with van der Waals surface area (Å²) in [5.74, 6) is 0.678. The molecule has 2 unspecified atom stereocenters. The molecule has 4 heteroatoms. The molecular weight excluding hydrogens is 326 g/mol. The Bertz CT molecular complexity index is 781. The summed E-state index contributed by atoms with van der Waals surface area (Å²) in [6, 6.07) is 14.0. The van der Waals surface area contributed by atoms with E-state index in [1.165, 1.54) is 0 Å². The lowest BCUT2D eigenvalue weighted by atomic mass is 9.76. The summed E-state index contributed by atoms with van der Waals surface area (Å²) in [6.07, 6.45) is 0.617. The minimum absolute atomic E-state index is 0.0293. The SMILES string of the molecule is COc1ccc(C(C)(C)C)cc1C1(O)CNC(CCO)c2ccccc21. The largest absolute Gasteiger partial charge is 0.496 e. The van der Waals surface area contributed by atoms with Crippen molar-refractivity contribution in [2.45, 2.75) is 44.2 Å². The van der Waals surface area contributed by atoms with Gasteiger partial charge in [0.15, 0.2) is 0 Å². The number of aliphatic hydroxyl groups excluding tert-OH is 1. The summed E-state index contributed by atoms with van der Waals surface area (Å²) < 4.78 is 5.59. The second-order valence-electron chi connectivity index (χ2n) is 8.06. The van der Waals surface area contributed by atoms with E-state index < -0.39 is 5.60 Å². The third-order valence-electron chi connectivity index (χ3n) is 5.31. The van der Waals surface area contributed by atoms with Gasteiger partial charge in [0, 0.05) is 24.8 Å². The molecule has 2 aromatic carbocycles. The molecule has 0 bridgehead atoms. The van der Waals surface area contributed by atoms with Crippen LogP contribution >= 0.6 is 0 Å². The number of hydrogen-bond donors (Lipinski definition) is 3. The van der Waals surface area contributed by atoms with Gasteiger partial charge in [0.05, 0.1) is 7.11 Å². The maximum Gasteiger partial charge on any atom is 0.131 e. The molecule has 1 aliphatic rings. The topological polar surface area (TPSA) is 61.7 Å². The molecule has 140 valence electrons. The Hall–Kier alpha value is -1.88. The van der Waals surface area contributed by atoms with Crippen molar-refractivity contribution in [3.63, 3.8) is 0 Å². The zero-order valence-electron chi connectivity index (χ0n) is 16.0. The maximum atomic E-state index is 11.8. The van der Waals surface area contributed by atoms with Crippen molar-refractivity contribution in [1.29, 1.82) is 0 Å². The number of benzene rings is 2. The number of methoxy groups -OCH3 is 1. The summed E-state index contributed by atoms with van der Waals surface area (Å²) in [4.78, 5) is 0. The predicted octanol–water partition coefficient (Wildman–Crippen LogP) is 3.26. The molecule has 0 spiro atoms. The Morgan fingerprint density at radius 3 is 2.54 bits per heavy atom. The van der Waals surface area contributed by atoms with Gasteiger partial charge in [0.2, 0.25) is 0 Å². The number of nitrogens with one attached hydrogen (secondary N) is 1. The third kappa shape index (κ3) is 3.25. The van der Waals surface area contributed by atoms with Crippen LogP contribution in [0, 0.1) is 0 Å². The molecule has 3 rings (SSSR count). The zero-order valence-corrected chi connectivity index (χ0v) is 16.0. The number of β-amino-alcohol motifs (C(OH)–C–C–N with tert-alkyl or cyclic N) is 1. The fourth-order valence-electron chi connectivity index (χ4n) is 3.78. The molecule has 1 heterocycles. The van der Waals surface area contributed by atoms with Crippen LogP contribution in [0.5, 0.6) is 5.75 Å². The van der Waals surface area contributed by atoms with Crippen molar-refractivity contribution in [3.05, 3.63) is 64.7 Å². The normalized spacial score (nSPS) is 22.8. The van der Waals surface area contributed by atoms with Crippen molar-refractivity contribution < 1.29 is 14.9 Å². The number of hydrogen-bond acceptors (Lipinski definition) is 4.